The predicted octanol–water partition coefficient (Wildman–Crippen LogP) is 3.94. The predicted molar refractivity (Wildman–Crippen MR) is 120 cm³/mol. The van der Waals surface area contributed by atoms with Crippen LogP contribution in [-0.4, -0.2) is 18.9 Å². The van der Waals surface area contributed by atoms with Crippen LogP contribution in [-0.2, 0) is 14.8 Å². The second kappa shape index (κ2) is 8.78. The summed E-state index contributed by atoms with van der Waals surface area (Å²) in [6, 6.07) is 16.6. The van der Waals surface area contributed by atoms with Gasteiger partial charge in [-0.15, -0.1) is 0 Å². The lowest BCUT2D eigenvalue weighted by atomic mass is 10.1. The van der Waals surface area contributed by atoms with Gasteiger partial charge < -0.3 is 9.88 Å². The first-order chi connectivity index (χ1) is 14.6. The molecule has 1 aromatic heterocycles. The monoisotopic (exact) mass is 454 g/mol. The highest BCUT2D eigenvalue weighted by atomic mass is 35.5. The molecular weight excluding hydrogens is 436 g/mol. The van der Waals surface area contributed by atoms with Gasteiger partial charge in [-0.3, -0.25) is 4.79 Å². The van der Waals surface area contributed by atoms with E-state index in [9.17, 15) is 18.5 Å². The van der Waals surface area contributed by atoms with Crippen LogP contribution in [0, 0.1) is 25.2 Å². The van der Waals surface area contributed by atoms with Crippen molar-refractivity contribution in [2.75, 3.05) is 5.32 Å². The average molecular weight is 455 g/mol. The summed E-state index contributed by atoms with van der Waals surface area (Å²) in [7, 11) is -3.78. The van der Waals surface area contributed by atoms with Gasteiger partial charge in [0.15, 0.2) is 0 Å². The molecule has 1 amide bonds. The van der Waals surface area contributed by atoms with Gasteiger partial charge in [-0.1, -0.05) is 17.7 Å². The van der Waals surface area contributed by atoms with E-state index < -0.39 is 15.9 Å². The molecule has 3 N–H and O–H groups in total. The fourth-order valence-electron chi connectivity index (χ4n) is 3.18. The number of aromatic nitrogens is 1. The van der Waals surface area contributed by atoms with E-state index in [4.69, 9.17) is 16.7 Å². The maximum absolute atomic E-state index is 12.5. The van der Waals surface area contributed by atoms with E-state index in [-0.39, 0.29) is 10.5 Å². The first kappa shape index (κ1) is 22.3. The number of primary sulfonamides is 1. The molecule has 0 unspecified atom stereocenters. The highest BCUT2D eigenvalue weighted by Gasteiger charge is 2.15. The van der Waals surface area contributed by atoms with E-state index in [2.05, 4.69) is 5.32 Å². The molecule has 1 heterocycles. The van der Waals surface area contributed by atoms with E-state index in [1.54, 1.807) is 36.4 Å². The summed E-state index contributed by atoms with van der Waals surface area (Å²) in [5.74, 6) is -0.549. The Morgan fingerprint density at radius 2 is 1.84 bits per heavy atom. The summed E-state index contributed by atoms with van der Waals surface area (Å²) >= 11 is 5.93. The van der Waals surface area contributed by atoms with Crippen molar-refractivity contribution in [2.45, 2.75) is 18.7 Å². The molecule has 0 aliphatic rings. The average Bonchev–Trinajstić information content (AvgIpc) is 2.98. The summed E-state index contributed by atoms with van der Waals surface area (Å²) in [5, 5.41) is 17.8. The molecule has 0 fully saturated rings. The molecule has 158 valence electrons. The minimum atomic E-state index is -3.78. The van der Waals surface area contributed by atoms with Gasteiger partial charge in [-0.25, -0.2) is 13.6 Å². The first-order valence-corrected chi connectivity index (χ1v) is 11.0. The van der Waals surface area contributed by atoms with Crippen LogP contribution < -0.4 is 10.5 Å². The number of sulfonamides is 1. The second-order valence-electron chi connectivity index (χ2n) is 6.84. The molecule has 7 nitrogen and oxygen atoms in total. The third-order valence-corrected chi connectivity index (χ3v) is 5.81. The van der Waals surface area contributed by atoms with Crippen LogP contribution in [0.3, 0.4) is 0 Å². The molecule has 31 heavy (non-hydrogen) atoms. The van der Waals surface area contributed by atoms with Gasteiger partial charge in [-0.05, 0) is 74.0 Å². The number of halogens is 1. The lowest BCUT2D eigenvalue weighted by molar-refractivity contribution is -0.112. The second-order valence-corrected chi connectivity index (χ2v) is 8.83. The number of anilines is 1. The van der Waals surface area contributed by atoms with Crippen molar-refractivity contribution in [1.29, 1.82) is 5.26 Å². The van der Waals surface area contributed by atoms with Crippen LogP contribution >= 0.6 is 11.6 Å². The summed E-state index contributed by atoms with van der Waals surface area (Å²) in [6.45, 7) is 3.71. The molecule has 0 saturated carbocycles. The summed E-state index contributed by atoms with van der Waals surface area (Å²) in [4.78, 5) is 12.6. The normalized spacial score (nSPS) is 11.8. The molecule has 0 radical (unpaired) electrons. The van der Waals surface area contributed by atoms with Gasteiger partial charge in [0.1, 0.15) is 11.6 Å². The number of carbonyl (C=O) groups is 1. The lowest BCUT2D eigenvalue weighted by Gasteiger charge is -2.10. The van der Waals surface area contributed by atoms with Crippen molar-refractivity contribution < 1.29 is 13.2 Å². The van der Waals surface area contributed by atoms with E-state index in [1.807, 2.05) is 30.6 Å². The minimum Gasteiger partial charge on any atom is -0.321 e. The number of hydrogen-bond acceptors (Lipinski definition) is 4. The molecule has 3 rings (SSSR count). The quantitative estimate of drug-likeness (QED) is 0.448. The van der Waals surface area contributed by atoms with Crippen LogP contribution in [0.15, 0.2) is 65.1 Å². The van der Waals surface area contributed by atoms with Crippen molar-refractivity contribution in [2.24, 2.45) is 5.14 Å². The van der Waals surface area contributed by atoms with Gasteiger partial charge >= 0.3 is 0 Å². The Hall–Kier alpha value is -3.38. The Balaban J connectivity index is 1.93. The number of rotatable bonds is 5. The van der Waals surface area contributed by atoms with Gasteiger partial charge in [0.05, 0.1) is 4.90 Å². The molecule has 0 atom stereocenters. The minimum absolute atomic E-state index is 0.0169. The van der Waals surface area contributed by atoms with Gasteiger partial charge in [0.25, 0.3) is 5.91 Å². The van der Waals surface area contributed by atoms with E-state index in [0.29, 0.717) is 16.3 Å². The molecule has 0 aliphatic carbocycles. The fourth-order valence-corrected chi connectivity index (χ4v) is 3.89. The number of nitriles is 1. The Morgan fingerprint density at radius 3 is 2.42 bits per heavy atom. The van der Waals surface area contributed by atoms with Crippen molar-refractivity contribution in [3.8, 4) is 11.8 Å². The molecule has 3 aromatic rings. The molecule has 0 aliphatic heterocycles. The van der Waals surface area contributed by atoms with Gasteiger partial charge in [0, 0.05) is 27.8 Å². The number of amides is 1. The number of hydrogen-bond donors (Lipinski definition) is 2. The number of nitrogens with two attached hydrogens (primary N) is 1. The highest BCUT2D eigenvalue weighted by Crippen LogP contribution is 2.24. The molecular formula is C22H19ClN4O3S. The van der Waals surface area contributed by atoms with E-state index >= 15 is 0 Å². The number of benzene rings is 2. The summed E-state index contributed by atoms with van der Waals surface area (Å²) in [5.41, 5.74) is 3.46. The van der Waals surface area contributed by atoms with Crippen molar-refractivity contribution in [3.05, 3.63) is 82.1 Å². The lowest BCUT2D eigenvalue weighted by Crippen LogP contribution is -2.13. The molecule has 2 aromatic carbocycles. The zero-order valence-electron chi connectivity index (χ0n) is 16.8. The van der Waals surface area contributed by atoms with Crippen molar-refractivity contribution in [3.63, 3.8) is 0 Å². The zero-order valence-corrected chi connectivity index (χ0v) is 18.3. The van der Waals surface area contributed by atoms with Crippen LogP contribution in [0.1, 0.15) is 17.0 Å². The van der Waals surface area contributed by atoms with Crippen molar-refractivity contribution >= 4 is 39.3 Å². The van der Waals surface area contributed by atoms with Crippen LogP contribution in [0.4, 0.5) is 5.69 Å². The smallest absolute Gasteiger partial charge is 0.266 e. The molecule has 0 bridgehead atoms. The highest BCUT2D eigenvalue weighted by molar-refractivity contribution is 7.89. The standard InChI is InChI=1S/C22H19ClN4O3S/c1-14-10-16(11-17(13-24)22(28)26-19-5-3-4-18(23)12-19)15(2)27(14)20-6-8-21(9-7-20)31(25,29)30/h3-12H,1-2H3,(H,26,28)(H2,25,29,30)/b17-11-. The SMILES string of the molecule is Cc1cc(/C=C(/C#N)C(=O)Nc2cccc(Cl)c2)c(C)n1-c1ccc(S(N)(=O)=O)cc1. The first-order valence-electron chi connectivity index (χ1n) is 9.11. The number of carbonyl (C=O) groups excluding carboxylic acids is 1. The van der Waals surface area contributed by atoms with Gasteiger partial charge in [-0.2, -0.15) is 5.26 Å². The molecule has 0 saturated heterocycles. The number of nitrogens with zero attached hydrogens (tertiary/aromatic N) is 2. The third kappa shape index (κ3) is 5.03. The molecule has 9 heteroatoms. The summed E-state index contributed by atoms with van der Waals surface area (Å²) in [6.07, 6.45) is 1.51. The number of nitrogens with one attached hydrogen (secondary N) is 1. The Morgan fingerprint density at radius 1 is 1.16 bits per heavy atom. The van der Waals surface area contributed by atoms with Crippen LogP contribution in [0.2, 0.25) is 5.02 Å². The van der Waals surface area contributed by atoms with Crippen LogP contribution in [0.25, 0.3) is 11.8 Å². The van der Waals surface area contributed by atoms with Gasteiger partial charge in [0.2, 0.25) is 10.0 Å². The largest absolute Gasteiger partial charge is 0.321 e. The third-order valence-electron chi connectivity index (χ3n) is 4.64. The summed E-state index contributed by atoms with van der Waals surface area (Å²) < 4.78 is 24.8. The Kier molecular flexibility index (Phi) is 6.32. The topological polar surface area (TPSA) is 118 Å². The maximum atomic E-state index is 12.5. The van der Waals surface area contributed by atoms with Crippen LogP contribution in [0.5, 0.6) is 0 Å². The molecule has 0 spiro atoms. The maximum Gasteiger partial charge on any atom is 0.266 e. The van der Waals surface area contributed by atoms with E-state index in [0.717, 1.165) is 17.1 Å². The fraction of sp³-hybridized carbons (Fsp3) is 0.0909. The van der Waals surface area contributed by atoms with E-state index in [1.165, 1.54) is 18.2 Å². The number of aryl methyl sites for hydroxylation is 1. The Labute approximate surface area is 185 Å². The Bertz CT molecular complexity index is 1330. The van der Waals surface area contributed by atoms with Crippen molar-refractivity contribution in [1.82, 2.24) is 4.57 Å². The zero-order chi connectivity index (χ0) is 22.8.